The number of hydrogen-bond acceptors (Lipinski definition) is 5. The molecule has 7 nitrogen and oxygen atoms in total. The first-order valence-electron chi connectivity index (χ1n) is 8.43. The summed E-state index contributed by atoms with van der Waals surface area (Å²) in [6, 6.07) is 12.4. The van der Waals surface area contributed by atoms with Crippen molar-refractivity contribution in [2.75, 3.05) is 7.11 Å². The second-order valence-electron chi connectivity index (χ2n) is 6.10. The van der Waals surface area contributed by atoms with E-state index in [1.54, 1.807) is 43.5 Å². The average molecular weight is 378 g/mol. The lowest BCUT2D eigenvalue weighted by Crippen LogP contribution is -2.24. The molecule has 0 fully saturated rings. The van der Waals surface area contributed by atoms with Crippen LogP contribution < -0.4 is 10.3 Å². The molecule has 0 aliphatic rings. The Labute approximate surface area is 158 Å². The van der Waals surface area contributed by atoms with Gasteiger partial charge in [0.1, 0.15) is 23.3 Å². The monoisotopic (exact) mass is 378 g/mol. The summed E-state index contributed by atoms with van der Waals surface area (Å²) in [7, 11) is 1.55. The zero-order chi connectivity index (χ0) is 19.7. The van der Waals surface area contributed by atoms with Crippen LogP contribution in [0, 0.1) is 5.82 Å². The lowest BCUT2D eigenvalue weighted by atomic mass is 10.1. The predicted octanol–water partition coefficient (Wildman–Crippen LogP) is 2.61. The Morgan fingerprint density at radius 1 is 1.11 bits per heavy atom. The molecule has 0 saturated heterocycles. The van der Waals surface area contributed by atoms with Crippen LogP contribution in [0.4, 0.5) is 4.39 Å². The van der Waals surface area contributed by atoms with Gasteiger partial charge in [-0.05, 0) is 48.5 Å². The Kier molecular flexibility index (Phi) is 4.44. The number of halogens is 1. The van der Waals surface area contributed by atoms with Crippen LogP contribution in [0.25, 0.3) is 16.7 Å². The number of aromatic nitrogens is 4. The van der Waals surface area contributed by atoms with Crippen LogP contribution >= 0.6 is 0 Å². The summed E-state index contributed by atoms with van der Waals surface area (Å²) in [5.41, 5.74) is 1.01. The molecular formula is C20H15FN4O3. The molecule has 8 heteroatoms. The van der Waals surface area contributed by atoms with Crippen LogP contribution in [-0.2, 0) is 6.54 Å². The molecule has 0 aliphatic carbocycles. The fraction of sp³-hybridized carbons (Fsp3) is 0.100. The molecule has 0 bridgehead atoms. The topological polar surface area (TPSA) is 79.0 Å². The lowest BCUT2D eigenvalue weighted by Gasteiger charge is -2.07. The van der Waals surface area contributed by atoms with Crippen molar-refractivity contribution in [1.82, 2.24) is 19.3 Å². The minimum atomic E-state index is -0.375. The largest absolute Gasteiger partial charge is 0.497 e. The SMILES string of the molecule is COc1ccc(C(=O)Cn2cnc3c(cnn3-c3ccc(F)cc3)c2=O)cc1. The zero-order valence-corrected chi connectivity index (χ0v) is 14.9. The van der Waals surface area contributed by atoms with Crippen molar-refractivity contribution >= 4 is 16.8 Å². The van der Waals surface area contributed by atoms with Crippen molar-refractivity contribution in [2.24, 2.45) is 0 Å². The van der Waals surface area contributed by atoms with Crippen molar-refractivity contribution in [1.29, 1.82) is 0 Å². The van der Waals surface area contributed by atoms with Gasteiger partial charge in [0.05, 0.1) is 25.5 Å². The van der Waals surface area contributed by atoms with Crippen LogP contribution in [0.3, 0.4) is 0 Å². The molecule has 4 aromatic rings. The highest BCUT2D eigenvalue weighted by Gasteiger charge is 2.14. The van der Waals surface area contributed by atoms with Crippen molar-refractivity contribution in [3.63, 3.8) is 0 Å². The maximum atomic E-state index is 13.1. The third-order valence-electron chi connectivity index (χ3n) is 4.35. The van der Waals surface area contributed by atoms with Crippen LogP contribution in [0.15, 0.2) is 65.8 Å². The number of rotatable bonds is 5. The van der Waals surface area contributed by atoms with E-state index in [4.69, 9.17) is 4.74 Å². The molecule has 0 amide bonds. The number of methoxy groups -OCH3 is 1. The molecule has 2 aromatic heterocycles. The number of fused-ring (bicyclic) bond motifs is 1. The average Bonchev–Trinajstić information content (AvgIpc) is 3.15. The highest BCUT2D eigenvalue weighted by atomic mass is 19.1. The van der Waals surface area contributed by atoms with Gasteiger partial charge in [0.2, 0.25) is 0 Å². The van der Waals surface area contributed by atoms with Gasteiger partial charge in [-0.15, -0.1) is 0 Å². The van der Waals surface area contributed by atoms with Crippen molar-refractivity contribution in [2.45, 2.75) is 6.54 Å². The minimum Gasteiger partial charge on any atom is -0.497 e. The van der Waals surface area contributed by atoms with Crippen molar-refractivity contribution in [3.8, 4) is 11.4 Å². The summed E-state index contributed by atoms with van der Waals surface area (Å²) in [4.78, 5) is 29.5. The fourth-order valence-electron chi connectivity index (χ4n) is 2.86. The van der Waals surface area contributed by atoms with Gasteiger partial charge in [-0.25, -0.2) is 14.1 Å². The molecule has 0 unspecified atom stereocenters. The molecule has 0 aliphatic heterocycles. The summed E-state index contributed by atoms with van der Waals surface area (Å²) in [5.74, 6) is 0.0504. The summed E-state index contributed by atoms with van der Waals surface area (Å²) in [6.45, 7) is -0.143. The summed E-state index contributed by atoms with van der Waals surface area (Å²) >= 11 is 0. The number of nitrogens with zero attached hydrogens (tertiary/aromatic N) is 4. The van der Waals surface area contributed by atoms with Gasteiger partial charge in [-0.3, -0.25) is 14.2 Å². The molecule has 2 heterocycles. The summed E-state index contributed by atoms with van der Waals surface area (Å²) in [5, 5.41) is 4.45. The van der Waals surface area contributed by atoms with Gasteiger partial charge < -0.3 is 4.74 Å². The molecular weight excluding hydrogens is 363 g/mol. The number of carbonyl (C=O) groups is 1. The highest BCUT2D eigenvalue weighted by Crippen LogP contribution is 2.15. The number of carbonyl (C=O) groups excluding carboxylic acids is 1. The standard InChI is InChI=1S/C20H15FN4O3/c1-28-16-8-2-13(3-9-16)18(26)11-24-12-22-19-17(20(24)27)10-23-25(19)15-6-4-14(21)5-7-15/h2-10,12H,11H2,1H3. The van der Waals surface area contributed by atoms with E-state index in [2.05, 4.69) is 10.1 Å². The normalized spacial score (nSPS) is 10.9. The summed E-state index contributed by atoms with van der Waals surface area (Å²) in [6.07, 6.45) is 2.70. The molecule has 0 N–H and O–H groups in total. The highest BCUT2D eigenvalue weighted by molar-refractivity contribution is 5.96. The zero-order valence-electron chi connectivity index (χ0n) is 14.9. The van der Waals surface area contributed by atoms with Gasteiger partial charge in [0.15, 0.2) is 11.4 Å². The Hall–Kier alpha value is -3.81. The number of ketones is 1. The molecule has 0 atom stereocenters. The van der Waals surface area contributed by atoms with Gasteiger partial charge >= 0.3 is 0 Å². The third kappa shape index (κ3) is 3.16. The first kappa shape index (κ1) is 17.6. The van der Waals surface area contributed by atoms with Gasteiger partial charge in [-0.2, -0.15) is 5.10 Å². The Balaban J connectivity index is 1.65. The maximum absolute atomic E-state index is 13.1. The Morgan fingerprint density at radius 2 is 1.82 bits per heavy atom. The van der Waals surface area contributed by atoms with E-state index in [-0.39, 0.29) is 29.1 Å². The van der Waals surface area contributed by atoms with Crippen molar-refractivity contribution in [3.05, 3.63) is 82.8 Å². The van der Waals surface area contributed by atoms with Gasteiger partial charge in [0.25, 0.3) is 5.56 Å². The summed E-state index contributed by atoms with van der Waals surface area (Å²) < 4.78 is 20.9. The number of benzene rings is 2. The van der Waals surface area contributed by atoms with Crippen LogP contribution in [0.1, 0.15) is 10.4 Å². The second kappa shape index (κ2) is 7.07. The first-order chi connectivity index (χ1) is 13.6. The molecule has 28 heavy (non-hydrogen) atoms. The van der Waals surface area contributed by atoms with E-state index >= 15 is 0 Å². The maximum Gasteiger partial charge on any atom is 0.264 e. The smallest absolute Gasteiger partial charge is 0.264 e. The van der Waals surface area contributed by atoms with E-state index in [9.17, 15) is 14.0 Å². The van der Waals surface area contributed by atoms with Gasteiger partial charge in [0, 0.05) is 5.56 Å². The quantitative estimate of drug-likeness (QED) is 0.499. The first-order valence-corrected chi connectivity index (χ1v) is 8.43. The van der Waals surface area contributed by atoms with E-state index < -0.39 is 0 Å². The van der Waals surface area contributed by atoms with Crippen LogP contribution in [0.2, 0.25) is 0 Å². The molecule has 0 spiro atoms. The Bertz CT molecular complexity index is 1210. The van der Waals surface area contributed by atoms with E-state index in [0.717, 1.165) is 0 Å². The number of hydrogen-bond donors (Lipinski definition) is 0. The molecule has 4 rings (SSSR count). The number of Topliss-reactive ketones (excluding diaryl/α,β-unsaturated/α-hetero) is 1. The predicted molar refractivity (Wildman–Crippen MR) is 100 cm³/mol. The van der Waals surface area contributed by atoms with Crippen molar-refractivity contribution < 1.29 is 13.9 Å². The van der Waals surface area contributed by atoms with E-state index in [1.165, 1.54) is 33.9 Å². The minimum absolute atomic E-state index is 0.143. The third-order valence-corrected chi connectivity index (χ3v) is 4.35. The fourth-order valence-corrected chi connectivity index (χ4v) is 2.86. The van der Waals surface area contributed by atoms with Crippen LogP contribution in [0.5, 0.6) is 5.75 Å². The second-order valence-corrected chi connectivity index (χ2v) is 6.10. The van der Waals surface area contributed by atoms with Crippen LogP contribution in [-0.4, -0.2) is 32.2 Å². The van der Waals surface area contributed by atoms with Gasteiger partial charge in [-0.1, -0.05) is 0 Å². The number of ether oxygens (including phenoxy) is 1. The molecule has 2 aromatic carbocycles. The molecule has 0 saturated carbocycles. The van der Waals surface area contributed by atoms with E-state index in [1.807, 2.05) is 0 Å². The van der Waals surface area contributed by atoms with E-state index in [0.29, 0.717) is 22.6 Å². The molecule has 0 radical (unpaired) electrons. The molecule has 140 valence electrons. The Morgan fingerprint density at radius 3 is 2.50 bits per heavy atom. The lowest BCUT2D eigenvalue weighted by molar-refractivity contribution is 0.0970.